The van der Waals surface area contributed by atoms with Crippen molar-refractivity contribution in [3.63, 3.8) is 0 Å². The minimum atomic E-state index is -4.42. The Morgan fingerprint density at radius 2 is 1.70 bits per heavy atom. The summed E-state index contributed by atoms with van der Waals surface area (Å²) in [5, 5.41) is 0.519. The van der Waals surface area contributed by atoms with Gasteiger partial charge in [0.1, 0.15) is 6.54 Å². The van der Waals surface area contributed by atoms with E-state index in [2.05, 4.69) is 0 Å². The highest BCUT2D eigenvalue weighted by Gasteiger charge is 2.41. The van der Waals surface area contributed by atoms with E-state index in [1.165, 1.54) is 12.1 Å². The second-order valence-corrected chi connectivity index (χ2v) is 12.5. The summed E-state index contributed by atoms with van der Waals surface area (Å²) in [4.78, 5) is 39.7. The summed E-state index contributed by atoms with van der Waals surface area (Å²) in [7, 11) is -8.47. The molecule has 1 atom stereocenters. The summed E-state index contributed by atoms with van der Waals surface area (Å²) in [5.74, 6) is -2.08. The topological polar surface area (TPSA) is 175 Å². The average Bonchev–Trinajstić information content (AvgIpc) is 3.26. The molecule has 0 saturated carbocycles. The molecule has 37 heavy (non-hydrogen) atoms. The van der Waals surface area contributed by atoms with Crippen LogP contribution in [-0.2, 0) is 44.9 Å². The van der Waals surface area contributed by atoms with Crippen LogP contribution in [0.4, 0.5) is 5.69 Å². The first-order chi connectivity index (χ1) is 17.2. The van der Waals surface area contributed by atoms with Crippen LogP contribution in [0.2, 0.25) is 0 Å². The lowest BCUT2D eigenvalue weighted by atomic mass is 9.80. The van der Waals surface area contributed by atoms with Crippen molar-refractivity contribution >= 4 is 49.9 Å². The Balaban J connectivity index is 1.61. The first kappa shape index (κ1) is 28.9. The van der Waals surface area contributed by atoms with E-state index in [0.29, 0.717) is 49.3 Å². The monoisotopic (exact) mass is 559 g/mol. The molecule has 1 saturated heterocycles. The molecule has 2 aliphatic heterocycles. The molecular weight excluding hydrogens is 528 g/mol. The van der Waals surface area contributed by atoms with E-state index < -0.39 is 43.4 Å². The highest BCUT2D eigenvalue weighted by atomic mass is 32.2. The van der Waals surface area contributed by atoms with Gasteiger partial charge in [-0.1, -0.05) is 12.8 Å². The second kappa shape index (κ2) is 11.4. The highest BCUT2D eigenvalue weighted by Crippen LogP contribution is 2.41. The summed E-state index contributed by atoms with van der Waals surface area (Å²) >= 11 is 0. The Hall–Kier alpha value is -2.68. The molecule has 0 spiro atoms. The normalized spacial score (nSPS) is 19.8. The van der Waals surface area contributed by atoms with Crippen molar-refractivity contribution < 1.29 is 49.7 Å². The number of hydrogen-bond donors (Lipinski definition) is 2. The highest BCUT2D eigenvalue weighted by molar-refractivity contribution is 7.86. The second-order valence-electron chi connectivity index (χ2n) is 9.49. The molecule has 204 valence electrons. The molecule has 0 radical (unpaired) electrons. The third-order valence-electron chi connectivity index (χ3n) is 6.46. The van der Waals surface area contributed by atoms with Gasteiger partial charge in [-0.05, 0) is 38.3 Å². The number of amides is 2. The lowest BCUT2D eigenvalue weighted by Crippen LogP contribution is -2.31. The third-order valence-corrected chi connectivity index (χ3v) is 8.11. The van der Waals surface area contributed by atoms with Crippen LogP contribution in [-0.4, -0.2) is 71.9 Å². The molecule has 0 aliphatic carbocycles. The van der Waals surface area contributed by atoms with E-state index in [0.717, 1.165) is 5.69 Å². The van der Waals surface area contributed by atoms with Crippen LogP contribution in [0, 0.1) is 0 Å². The number of benzene rings is 1. The van der Waals surface area contributed by atoms with Gasteiger partial charge < -0.3 is 4.84 Å². The fourth-order valence-corrected chi connectivity index (χ4v) is 5.64. The van der Waals surface area contributed by atoms with E-state index >= 15 is 0 Å². The Morgan fingerprint density at radius 1 is 1.03 bits per heavy atom. The Morgan fingerprint density at radius 3 is 2.32 bits per heavy atom. The maximum absolute atomic E-state index is 12.0. The molecule has 12 nitrogen and oxygen atoms in total. The summed E-state index contributed by atoms with van der Waals surface area (Å²) in [6.45, 7) is 2.37. The first-order valence-electron chi connectivity index (χ1n) is 12.0. The quantitative estimate of drug-likeness (QED) is 0.158. The zero-order chi connectivity index (χ0) is 27.4. The van der Waals surface area contributed by atoms with Crippen molar-refractivity contribution in [3.8, 4) is 0 Å². The van der Waals surface area contributed by atoms with Crippen molar-refractivity contribution in [2.45, 2.75) is 75.0 Å². The minimum absolute atomic E-state index is 0.0273. The van der Waals surface area contributed by atoms with Crippen LogP contribution in [0.5, 0.6) is 0 Å². The molecule has 2 amide bonds. The molecule has 14 heteroatoms. The van der Waals surface area contributed by atoms with Crippen molar-refractivity contribution in [2.75, 3.05) is 12.3 Å². The lowest BCUT2D eigenvalue weighted by Gasteiger charge is -2.19. The number of fused-ring (bicyclic) bond motifs is 1. The fraction of sp³-hybridized carbons (Fsp3) is 0.565. The van der Waals surface area contributed by atoms with Crippen LogP contribution < -0.4 is 0 Å². The van der Waals surface area contributed by atoms with Gasteiger partial charge in [0, 0.05) is 37.3 Å². The lowest BCUT2D eigenvalue weighted by molar-refractivity contribution is -0.434. The van der Waals surface area contributed by atoms with Crippen LogP contribution in [0.15, 0.2) is 23.1 Å². The van der Waals surface area contributed by atoms with Gasteiger partial charge in [0.25, 0.3) is 32.1 Å². The molecule has 1 unspecified atom stereocenters. The minimum Gasteiger partial charge on any atom is -0.330 e. The van der Waals surface area contributed by atoms with Crippen LogP contribution in [0.3, 0.4) is 0 Å². The zero-order valence-corrected chi connectivity index (χ0v) is 22.1. The summed E-state index contributed by atoms with van der Waals surface area (Å²) in [6, 6.07) is 4.33. The predicted molar refractivity (Wildman–Crippen MR) is 130 cm³/mol. The van der Waals surface area contributed by atoms with Crippen molar-refractivity contribution in [2.24, 2.45) is 0 Å². The average molecular weight is 560 g/mol. The standard InChI is InChI=1S/C23H30N2O10S2/c1-23(12-4-2-3-7-22(28)35-25-20(26)10-11-21(25)27)16-24(13-5-6-14-36(29,30)31)19-9-8-17(15-18(19)23)37(32,33)34/h8-9,15-16H,2-7,10-14H2,1H3,(H-,29,30,31,32,33,34)/p+1. The smallest absolute Gasteiger partial charge is 0.330 e. The molecule has 3 rings (SSSR count). The zero-order valence-electron chi connectivity index (χ0n) is 20.5. The van der Waals surface area contributed by atoms with Crippen LogP contribution in [0.1, 0.15) is 70.3 Å². The first-order valence-corrected chi connectivity index (χ1v) is 15.0. The van der Waals surface area contributed by atoms with E-state index in [4.69, 9.17) is 9.39 Å². The molecule has 0 aromatic heterocycles. The predicted octanol–water partition coefficient (Wildman–Crippen LogP) is 2.15. The van der Waals surface area contributed by atoms with E-state index in [1.54, 1.807) is 6.07 Å². The number of rotatable bonds is 13. The number of imide groups is 1. The van der Waals surface area contributed by atoms with Crippen LogP contribution in [0.25, 0.3) is 0 Å². The molecule has 2 heterocycles. The fourth-order valence-electron chi connectivity index (χ4n) is 4.56. The van der Waals surface area contributed by atoms with Gasteiger partial charge in [-0.3, -0.25) is 18.7 Å². The van der Waals surface area contributed by atoms with Gasteiger partial charge in [0.05, 0.1) is 16.1 Å². The number of carbonyl (C=O) groups is 3. The van der Waals surface area contributed by atoms with E-state index in [-0.39, 0.29) is 36.3 Å². The molecule has 0 bridgehead atoms. The Kier molecular flexibility index (Phi) is 8.88. The SMILES string of the molecule is CC1(CCCCCC(=O)ON2C(=O)CCC2=O)C=[N+](CCCCS(=O)(=O)O)c2ccc(S(=O)(=O)O)cc21. The van der Waals surface area contributed by atoms with Crippen molar-refractivity contribution in [3.05, 3.63) is 23.8 Å². The molecular formula is C23H31N2O10S2+. The van der Waals surface area contributed by atoms with E-state index in [9.17, 15) is 35.8 Å². The van der Waals surface area contributed by atoms with Crippen molar-refractivity contribution in [1.29, 1.82) is 0 Å². The molecule has 1 fully saturated rings. The number of nitrogens with zero attached hydrogens (tertiary/aromatic N) is 2. The number of carbonyl (C=O) groups excluding carboxylic acids is 3. The maximum atomic E-state index is 12.0. The number of hydrogen-bond acceptors (Lipinski definition) is 8. The largest absolute Gasteiger partial charge is 0.333 e. The summed E-state index contributed by atoms with van der Waals surface area (Å²) in [5.41, 5.74) is 0.849. The number of unbranched alkanes of at least 4 members (excludes halogenated alkanes) is 3. The number of hydroxylamine groups is 2. The van der Waals surface area contributed by atoms with Gasteiger partial charge in [0.2, 0.25) is 5.69 Å². The molecule has 1 aromatic rings. The van der Waals surface area contributed by atoms with E-state index in [1.807, 2.05) is 17.7 Å². The molecule has 2 N–H and O–H groups in total. The maximum Gasteiger partial charge on any atom is 0.333 e. The van der Waals surface area contributed by atoms with Gasteiger partial charge in [-0.15, -0.1) is 5.06 Å². The van der Waals surface area contributed by atoms with Gasteiger partial charge in [0.15, 0.2) is 6.21 Å². The summed E-state index contributed by atoms with van der Waals surface area (Å²) in [6.07, 6.45) is 5.09. The summed E-state index contributed by atoms with van der Waals surface area (Å²) < 4.78 is 65.8. The van der Waals surface area contributed by atoms with Crippen LogP contribution >= 0.6 is 0 Å². The van der Waals surface area contributed by atoms with Crippen molar-refractivity contribution in [1.82, 2.24) is 5.06 Å². The molecule has 2 aliphatic rings. The van der Waals surface area contributed by atoms with Gasteiger partial charge in [-0.25, -0.2) is 9.37 Å². The van der Waals surface area contributed by atoms with Gasteiger partial charge in [-0.2, -0.15) is 16.8 Å². The Bertz CT molecular complexity index is 1300. The third kappa shape index (κ3) is 7.66. The molecule has 1 aromatic carbocycles. The van der Waals surface area contributed by atoms with Gasteiger partial charge >= 0.3 is 5.97 Å². The Labute approximate surface area is 215 Å².